The molecule has 1 aromatic carbocycles. The van der Waals surface area contributed by atoms with Gasteiger partial charge in [0.1, 0.15) is 11.9 Å². The number of likely N-dealkylation sites (tertiary alicyclic amines) is 1. The number of ether oxygens (including phenoxy) is 2. The zero-order valence-electron chi connectivity index (χ0n) is 17.0. The van der Waals surface area contributed by atoms with Gasteiger partial charge in [0, 0.05) is 44.7 Å². The van der Waals surface area contributed by atoms with Crippen LogP contribution in [0.3, 0.4) is 0 Å². The molecule has 7 heteroatoms. The van der Waals surface area contributed by atoms with Gasteiger partial charge < -0.3 is 24.3 Å². The number of para-hydroxylation sites is 1. The number of amides is 1. The van der Waals surface area contributed by atoms with E-state index in [1.54, 1.807) is 7.11 Å². The Balaban J connectivity index is 1.47. The lowest BCUT2D eigenvalue weighted by Gasteiger charge is -2.42. The SMILES string of the molecule is COc1ccccc1C1=NO[C@H](CC2(C(=O)N3CCC[C@@H](O)C3)CCOCC2)C1. The van der Waals surface area contributed by atoms with Crippen LogP contribution in [0.25, 0.3) is 0 Å². The van der Waals surface area contributed by atoms with Gasteiger partial charge in [0.25, 0.3) is 0 Å². The number of carbonyl (C=O) groups excluding carboxylic acids is 1. The van der Waals surface area contributed by atoms with Crippen molar-refractivity contribution in [2.45, 2.75) is 50.7 Å². The Labute approximate surface area is 171 Å². The van der Waals surface area contributed by atoms with Gasteiger partial charge in [-0.3, -0.25) is 4.79 Å². The minimum atomic E-state index is -0.508. The maximum absolute atomic E-state index is 13.5. The molecule has 4 rings (SSSR count). The molecule has 2 saturated heterocycles. The summed E-state index contributed by atoms with van der Waals surface area (Å²) in [6, 6.07) is 7.78. The summed E-state index contributed by atoms with van der Waals surface area (Å²) in [6.07, 6.45) is 3.68. The van der Waals surface area contributed by atoms with E-state index in [9.17, 15) is 9.90 Å². The zero-order valence-corrected chi connectivity index (χ0v) is 17.0. The van der Waals surface area contributed by atoms with Crippen molar-refractivity contribution in [3.63, 3.8) is 0 Å². The molecule has 1 amide bonds. The van der Waals surface area contributed by atoms with Crippen LogP contribution in [0.15, 0.2) is 29.4 Å². The molecule has 0 aromatic heterocycles. The average Bonchev–Trinajstić information content (AvgIpc) is 3.22. The van der Waals surface area contributed by atoms with Gasteiger partial charge in [0.2, 0.25) is 5.91 Å². The number of nitrogens with zero attached hydrogens (tertiary/aromatic N) is 2. The number of β-amino-alcohol motifs (C(OH)–C–C–N with tert-alkyl or cyclic N) is 1. The molecule has 0 spiro atoms. The van der Waals surface area contributed by atoms with Crippen molar-refractivity contribution < 1.29 is 24.2 Å². The summed E-state index contributed by atoms with van der Waals surface area (Å²) in [6.45, 7) is 2.30. The van der Waals surface area contributed by atoms with Gasteiger partial charge in [-0.25, -0.2) is 0 Å². The minimum absolute atomic E-state index is 0.133. The summed E-state index contributed by atoms with van der Waals surface area (Å²) < 4.78 is 11.0. The molecule has 0 bridgehead atoms. The predicted octanol–water partition coefficient (Wildman–Crippen LogP) is 2.36. The van der Waals surface area contributed by atoms with Gasteiger partial charge in [-0.05, 0) is 37.8 Å². The van der Waals surface area contributed by atoms with Crippen molar-refractivity contribution in [3.8, 4) is 5.75 Å². The number of benzene rings is 1. The summed E-state index contributed by atoms with van der Waals surface area (Å²) in [5.41, 5.74) is 1.28. The summed E-state index contributed by atoms with van der Waals surface area (Å²) >= 11 is 0. The Kier molecular flexibility index (Phi) is 6.06. The molecule has 7 nitrogen and oxygen atoms in total. The number of carbonyl (C=O) groups is 1. The standard InChI is InChI=1S/C22H30N2O5/c1-27-20-7-3-2-6-18(20)19-13-17(29-23-19)14-22(8-11-28-12-9-22)21(26)24-10-4-5-16(25)15-24/h2-3,6-7,16-17,25H,4-5,8-15H2,1H3/t16-,17+/m1/s1. The Hall–Kier alpha value is -2.12. The summed E-state index contributed by atoms with van der Waals surface area (Å²) in [5.74, 6) is 0.906. The molecule has 2 fully saturated rings. The van der Waals surface area contributed by atoms with Crippen molar-refractivity contribution in [1.82, 2.24) is 4.90 Å². The van der Waals surface area contributed by atoms with Gasteiger partial charge >= 0.3 is 0 Å². The number of rotatable bonds is 5. The van der Waals surface area contributed by atoms with E-state index >= 15 is 0 Å². The molecule has 0 radical (unpaired) electrons. The molecular formula is C22H30N2O5. The first-order chi connectivity index (χ1) is 14.1. The molecule has 158 valence electrons. The lowest BCUT2D eigenvalue weighted by Crippen LogP contribution is -2.52. The van der Waals surface area contributed by atoms with Crippen molar-refractivity contribution in [2.75, 3.05) is 33.4 Å². The molecule has 1 aromatic rings. The molecule has 3 aliphatic heterocycles. The normalized spacial score (nSPS) is 26.6. The maximum Gasteiger partial charge on any atom is 0.229 e. The fourth-order valence-corrected chi connectivity index (χ4v) is 4.76. The fraction of sp³-hybridized carbons (Fsp3) is 0.636. The fourth-order valence-electron chi connectivity index (χ4n) is 4.76. The second-order valence-electron chi connectivity index (χ2n) is 8.31. The van der Waals surface area contributed by atoms with E-state index in [-0.39, 0.29) is 12.0 Å². The highest BCUT2D eigenvalue weighted by Crippen LogP contribution is 2.41. The number of piperidine rings is 1. The Morgan fingerprint density at radius 3 is 2.90 bits per heavy atom. The second-order valence-corrected chi connectivity index (χ2v) is 8.31. The molecule has 0 unspecified atom stereocenters. The Morgan fingerprint density at radius 2 is 2.14 bits per heavy atom. The van der Waals surface area contributed by atoms with Gasteiger partial charge in [-0.15, -0.1) is 0 Å². The second kappa shape index (κ2) is 8.71. The zero-order chi connectivity index (χ0) is 20.3. The first-order valence-corrected chi connectivity index (χ1v) is 10.5. The van der Waals surface area contributed by atoms with Crippen LogP contribution in [0.1, 0.15) is 44.1 Å². The first-order valence-electron chi connectivity index (χ1n) is 10.5. The van der Waals surface area contributed by atoms with Crippen LogP contribution < -0.4 is 4.74 Å². The number of oxime groups is 1. The smallest absolute Gasteiger partial charge is 0.229 e. The van der Waals surface area contributed by atoms with Gasteiger partial charge in [0.05, 0.1) is 24.3 Å². The topological polar surface area (TPSA) is 80.6 Å². The number of aliphatic hydroxyl groups is 1. The molecular weight excluding hydrogens is 372 g/mol. The molecule has 1 N–H and O–H groups in total. The molecule has 3 heterocycles. The van der Waals surface area contributed by atoms with Crippen LogP contribution >= 0.6 is 0 Å². The van der Waals surface area contributed by atoms with Crippen LogP contribution in [0.5, 0.6) is 5.75 Å². The van der Waals surface area contributed by atoms with Crippen LogP contribution in [0.2, 0.25) is 0 Å². The lowest BCUT2D eigenvalue weighted by atomic mass is 9.73. The van der Waals surface area contributed by atoms with Crippen molar-refractivity contribution in [1.29, 1.82) is 0 Å². The molecule has 29 heavy (non-hydrogen) atoms. The highest BCUT2D eigenvalue weighted by Gasteiger charge is 2.46. The molecule has 2 atom stereocenters. The van der Waals surface area contributed by atoms with E-state index in [1.165, 1.54) is 0 Å². The third-order valence-corrected chi connectivity index (χ3v) is 6.36. The van der Waals surface area contributed by atoms with Crippen molar-refractivity contribution in [2.24, 2.45) is 10.6 Å². The minimum Gasteiger partial charge on any atom is -0.496 e. The van der Waals surface area contributed by atoms with Gasteiger partial charge in [-0.2, -0.15) is 0 Å². The highest BCUT2D eigenvalue weighted by molar-refractivity contribution is 6.03. The summed E-state index contributed by atoms with van der Waals surface area (Å²) in [4.78, 5) is 21.1. The molecule has 0 aliphatic carbocycles. The third-order valence-electron chi connectivity index (χ3n) is 6.36. The van der Waals surface area contributed by atoms with E-state index < -0.39 is 11.5 Å². The Bertz CT molecular complexity index is 759. The van der Waals surface area contributed by atoms with E-state index in [2.05, 4.69) is 5.16 Å². The largest absolute Gasteiger partial charge is 0.496 e. The quantitative estimate of drug-likeness (QED) is 0.818. The molecule has 3 aliphatic rings. The van der Waals surface area contributed by atoms with Gasteiger partial charge in [-0.1, -0.05) is 17.3 Å². The van der Waals surface area contributed by atoms with Crippen molar-refractivity contribution in [3.05, 3.63) is 29.8 Å². The summed E-state index contributed by atoms with van der Waals surface area (Å²) in [7, 11) is 1.65. The maximum atomic E-state index is 13.5. The predicted molar refractivity (Wildman–Crippen MR) is 108 cm³/mol. The third kappa shape index (κ3) is 4.26. The Morgan fingerprint density at radius 1 is 1.34 bits per heavy atom. The van der Waals surface area contributed by atoms with Gasteiger partial charge in [0.15, 0.2) is 0 Å². The van der Waals surface area contributed by atoms with E-state index in [1.807, 2.05) is 29.2 Å². The monoisotopic (exact) mass is 402 g/mol. The number of hydrogen-bond donors (Lipinski definition) is 1. The first kappa shape index (κ1) is 20.2. The van der Waals surface area contributed by atoms with Crippen LogP contribution in [-0.2, 0) is 14.4 Å². The van der Waals surface area contributed by atoms with Crippen LogP contribution in [0.4, 0.5) is 0 Å². The van der Waals surface area contributed by atoms with Crippen LogP contribution in [-0.4, -0.2) is 67.2 Å². The average molecular weight is 402 g/mol. The van der Waals surface area contributed by atoms with E-state index in [0.717, 1.165) is 29.9 Å². The molecule has 0 saturated carbocycles. The van der Waals surface area contributed by atoms with Crippen LogP contribution in [0, 0.1) is 5.41 Å². The summed E-state index contributed by atoms with van der Waals surface area (Å²) in [5, 5.41) is 14.3. The van der Waals surface area contributed by atoms with E-state index in [4.69, 9.17) is 14.3 Å². The lowest BCUT2D eigenvalue weighted by molar-refractivity contribution is -0.154. The highest BCUT2D eigenvalue weighted by atomic mass is 16.6. The van der Waals surface area contributed by atoms with E-state index in [0.29, 0.717) is 52.0 Å². The number of methoxy groups -OCH3 is 1. The van der Waals surface area contributed by atoms with Crippen molar-refractivity contribution >= 4 is 11.6 Å². The number of aliphatic hydroxyl groups excluding tert-OH is 1. The number of hydrogen-bond acceptors (Lipinski definition) is 6.